The molecular weight excluding hydrogens is 314 g/mol. The lowest BCUT2D eigenvalue weighted by molar-refractivity contribution is -0.126. The Hall–Kier alpha value is -0.570. The van der Waals surface area contributed by atoms with E-state index in [0.717, 1.165) is 19.3 Å². The Morgan fingerprint density at radius 3 is 2.04 bits per heavy atom. The summed E-state index contributed by atoms with van der Waals surface area (Å²) in [5.41, 5.74) is -0.299. The van der Waals surface area contributed by atoms with E-state index in [2.05, 4.69) is 5.32 Å². The Kier molecular flexibility index (Phi) is 10.9. The number of nitrogens with one attached hydrogen (secondary N) is 1. The minimum absolute atomic E-state index is 0.249. The summed E-state index contributed by atoms with van der Waals surface area (Å²) in [6.07, 6.45) is -2.86. The first-order chi connectivity index (χ1) is 11.0. The van der Waals surface area contributed by atoms with E-state index in [1.54, 1.807) is 6.92 Å². The van der Waals surface area contributed by atoms with Crippen molar-refractivity contribution in [3.63, 3.8) is 0 Å². The van der Waals surface area contributed by atoms with Crippen LogP contribution < -0.4 is 5.32 Å². The van der Waals surface area contributed by atoms with Gasteiger partial charge in [0.25, 0.3) is 0 Å². The van der Waals surface area contributed by atoms with Crippen molar-refractivity contribution in [2.45, 2.75) is 83.8 Å². The van der Waals surface area contributed by atoms with Crippen LogP contribution in [0.5, 0.6) is 0 Å². The number of Topliss-reactive ketones (excluding diaryl/α,β-unsaturated/α-hetero) is 1. The summed E-state index contributed by atoms with van der Waals surface area (Å²) in [5, 5.41) is 50.4. The molecule has 24 heavy (non-hydrogen) atoms. The number of aliphatic hydroxyl groups is 5. The van der Waals surface area contributed by atoms with Crippen molar-refractivity contribution in [1.82, 2.24) is 5.32 Å². The van der Waals surface area contributed by atoms with Gasteiger partial charge in [-0.1, -0.05) is 27.2 Å². The number of ketones is 1. The van der Waals surface area contributed by atoms with Crippen molar-refractivity contribution < 1.29 is 30.3 Å². The topological polar surface area (TPSA) is 130 Å². The molecule has 0 radical (unpaired) electrons. The van der Waals surface area contributed by atoms with Gasteiger partial charge >= 0.3 is 0 Å². The van der Waals surface area contributed by atoms with E-state index in [4.69, 9.17) is 5.11 Å². The summed E-state index contributed by atoms with van der Waals surface area (Å²) in [6.45, 7) is 7.30. The molecule has 6 N–H and O–H groups in total. The van der Waals surface area contributed by atoms with Crippen LogP contribution in [-0.2, 0) is 4.79 Å². The van der Waals surface area contributed by atoms with Crippen molar-refractivity contribution in [1.29, 1.82) is 0 Å². The molecule has 0 saturated heterocycles. The molecule has 0 rings (SSSR count). The maximum atomic E-state index is 11.8. The molecule has 5 atom stereocenters. The lowest BCUT2D eigenvalue weighted by Crippen LogP contribution is -2.52. The van der Waals surface area contributed by atoms with Crippen LogP contribution in [0.15, 0.2) is 0 Å². The molecule has 144 valence electrons. The van der Waals surface area contributed by atoms with Gasteiger partial charge in [0.2, 0.25) is 0 Å². The zero-order valence-electron chi connectivity index (χ0n) is 15.3. The summed E-state index contributed by atoms with van der Waals surface area (Å²) >= 11 is 0. The van der Waals surface area contributed by atoms with Gasteiger partial charge in [0.05, 0.1) is 12.7 Å². The van der Waals surface area contributed by atoms with Gasteiger partial charge in [0, 0.05) is 17.9 Å². The maximum Gasteiger partial charge on any atom is 0.138 e. The highest BCUT2D eigenvalue weighted by Crippen LogP contribution is 2.18. The highest BCUT2D eigenvalue weighted by atomic mass is 16.4. The lowest BCUT2D eigenvalue weighted by atomic mass is 9.88. The number of unbranched alkanes of at least 4 members (excludes halogenated alkanes) is 2. The lowest BCUT2D eigenvalue weighted by Gasteiger charge is -2.29. The average molecular weight is 349 g/mol. The highest BCUT2D eigenvalue weighted by molar-refractivity contribution is 5.83. The van der Waals surface area contributed by atoms with E-state index in [1.807, 2.05) is 20.8 Å². The second-order valence-corrected chi connectivity index (χ2v) is 7.45. The van der Waals surface area contributed by atoms with E-state index in [-0.39, 0.29) is 11.2 Å². The second kappa shape index (κ2) is 11.1. The number of aliphatic hydroxyl groups excluding tert-OH is 5. The zero-order valence-corrected chi connectivity index (χ0v) is 15.3. The highest BCUT2D eigenvalue weighted by Gasteiger charge is 2.32. The van der Waals surface area contributed by atoms with E-state index < -0.39 is 37.1 Å². The van der Waals surface area contributed by atoms with Gasteiger partial charge in [0.15, 0.2) is 0 Å². The smallest absolute Gasteiger partial charge is 0.138 e. The number of hydrogen-bond acceptors (Lipinski definition) is 7. The third-order valence-electron chi connectivity index (χ3n) is 4.18. The zero-order chi connectivity index (χ0) is 18.9. The number of carbonyl (C=O) groups excluding carboxylic acids is 1. The van der Waals surface area contributed by atoms with Crippen molar-refractivity contribution >= 4 is 5.78 Å². The molecular formula is C17H35NO6. The number of rotatable bonds is 12. The third-order valence-corrected chi connectivity index (χ3v) is 4.18. The molecule has 0 amide bonds. The van der Waals surface area contributed by atoms with Crippen LogP contribution >= 0.6 is 0 Å². The molecule has 0 aromatic rings. The van der Waals surface area contributed by atoms with E-state index in [0.29, 0.717) is 13.0 Å². The van der Waals surface area contributed by atoms with Gasteiger partial charge < -0.3 is 30.8 Å². The molecule has 7 nitrogen and oxygen atoms in total. The van der Waals surface area contributed by atoms with Gasteiger partial charge in [-0.05, 0) is 26.3 Å². The summed E-state index contributed by atoms with van der Waals surface area (Å²) in [4.78, 5) is 11.8. The molecule has 0 saturated carbocycles. The van der Waals surface area contributed by atoms with Crippen molar-refractivity contribution in [3.8, 4) is 0 Å². The van der Waals surface area contributed by atoms with E-state index in [1.165, 1.54) is 0 Å². The first-order valence-corrected chi connectivity index (χ1v) is 8.62. The monoisotopic (exact) mass is 349 g/mol. The first kappa shape index (κ1) is 23.4. The van der Waals surface area contributed by atoms with E-state index in [9.17, 15) is 25.2 Å². The van der Waals surface area contributed by atoms with Gasteiger partial charge in [-0.3, -0.25) is 4.79 Å². The third kappa shape index (κ3) is 8.50. The SMILES string of the molecule is CC(NCCCCCC(=O)C(C)(C)C)[C@H](O)[C@@H](O)[C@H](O)[C@H](O)CO. The summed E-state index contributed by atoms with van der Waals surface area (Å²) < 4.78 is 0. The molecule has 0 aromatic carbocycles. The Labute approximate surface area is 144 Å². The maximum absolute atomic E-state index is 11.8. The fourth-order valence-corrected chi connectivity index (χ4v) is 2.25. The van der Waals surface area contributed by atoms with Crippen LogP contribution in [0.2, 0.25) is 0 Å². The number of hydrogen-bond donors (Lipinski definition) is 6. The second-order valence-electron chi connectivity index (χ2n) is 7.45. The van der Waals surface area contributed by atoms with Crippen LogP contribution in [0.1, 0.15) is 53.4 Å². The molecule has 0 aliphatic heterocycles. The van der Waals surface area contributed by atoms with Gasteiger partial charge in [-0.25, -0.2) is 0 Å². The Morgan fingerprint density at radius 1 is 0.958 bits per heavy atom. The van der Waals surface area contributed by atoms with Crippen LogP contribution in [0, 0.1) is 5.41 Å². The number of carbonyl (C=O) groups is 1. The van der Waals surface area contributed by atoms with Crippen molar-refractivity contribution in [2.24, 2.45) is 5.41 Å². The molecule has 0 bridgehead atoms. The van der Waals surface area contributed by atoms with Gasteiger partial charge in [-0.15, -0.1) is 0 Å². The fourth-order valence-electron chi connectivity index (χ4n) is 2.25. The largest absolute Gasteiger partial charge is 0.394 e. The Balaban J connectivity index is 3.97. The minimum atomic E-state index is -1.61. The molecule has 0 fully saturated rings. The van der Waals surface area contributed by atoms with Crippen molar-refractivity contribution in [3.05, 3.63) is 0 Å². The fraction of sp³-hybridized carbons (Fsp3) is 0.941. The Morgan fingerprint density at radius 2 is 1.54 bits per heavy atom. The van der Waals surface area contributed by atoms with Gasteiger partial charge in [-0.2, -0.15) is 0 Å². The molecule has 0 heterocycles. The molecule has 0 spiro atoms. The summed E-state index contributed by atoms with van der Waals surface area (Å²) in [5.74, 6) is 0.249. The molecule has 1 unspecified atom stereocenters. The first-order valence-electron chi connectivity index (χ1n) is 8.62. The quantitative estimate of drug-likeness (QED) is 0.264. The van der Waals surface area contributed by atoms with Crippen LogP contribution in [0.4, 0.5) is 0 Å². The Bertz CT molecular complexity index is 357. The van der Waals surface area contributed by atoms with Crippen molar-refractivity contribution in [2.75, 3.05) is 13.2 Å². The summed E-state index contributed by atoms with van der Waals surface area (Å²) in [7, 11) is 0. The standard InChI is InChI=1S/C17H35NO6/c1-11(14(22)16(24)15(23)12(20)10-19)18-9-7-5-6-8-13(21)17(2,3)4/h11-12,14-16,18-20,22-24H,5-10H2,1-4H3/t11?,12-,14+,15-,16-/m1/s1. The molecule has 0 aromatic heterocycles. The molecule has 7 heteroatoms. The predicted octanol–water partition coefficient (Wildman–Crippen LogP) is -0.424. The predicted molar refractivity (Wildman–Crippen MR) is 91.5 cm³/mol. The molecule has 0 aliphatic carbocycles. The molecule has 0 aliphatic rings. The average Bonchev–Trinajstić information content (AvgIpc) is 2.53. The van der Waals surface area contributed by atoms with Gasteiger partial charge in [0.1, 0.15) is 24.1 Å². The van der Waals surface area contributed by atoms with E-state index >= 15 is 0 Å². The normalized spacial score (nSPS) is 18.7. The van der Waals surface area contributed by atoms with Crippen LogP contribution in [0.25, 0.3) is 0 Å². The van der Waals surface area contributed by atoms with Crippen LogP contribution in [-0.4, -0.2) is 74.9 Å². The minimum Gasteiger partial charge on any atom is -0.394 e. The summed E-state index contributed by atoms with van der Waals surface area (Å²) in [6, 6.07) is -0.489. The van der Waals surface area contributed by atoms with Crippen LogP contribution in [0.3, 0.4) is 0 Å².